The predicted molar refractivity (Wildman–Crippen MR) is 111 cm³/mol. The summed E-state index contributed by atoms with van der Waals surface area (Å²) in [6.45, 7) is 1.30. The third-order valence-electron chi connectivity index (χ3n) is 5.01. The molecule has 0 unspecified atom stereocenters. The van der Waals surface area contributed by atoms with Crippen molar-refractivity contribution in [1.82, 2.24) is 4.98 Å². The molecule has 0 radical (unpaired) electrons. The molecule has 1 atom stereocenters. The van der Waals surface area contributed by atoms with Gasteiger partial charge in [-0.3, -0.25) is 4.79 Å². The summed E-state index contributed by atoms with van der Waals surface area (Å²) in [6, 6.07) is 20.9. The molecular weight excluding hydrogens is 393 g/mol. The molecule has 2 heterocycles. The number of pyridine rings is 1. The molecule has 0 bridgehead atoms. The second-order valence-corrected chi connectivity index (χ2v) is 7.02. The zero-order chi connectivity index (χ0) is 21.6. The summed E-state index contributed by atoms with van der Waals surface area (Å²) < 4.78 is 35.4. The van der Waals surface area contributed by atoms with Crippen molar-refractivity contribution < 1.29 is 18.3 Å². The number of hydrogen-bond donors (Lipinski definition) is 2. The van der Waals surface area contributed by atoms with Crippen molar-refractivity contribution in [3.63, 3.8) is 0 Å². The van der Waals surface area contributed by atoms with Crippen LogP contribution in [0.25, 0.3) is 11.1 Å². The topological polar surface area (TPSA) is 56.3 Å². The third-order valence-corrected chi connectivity index (χ3v) is 5.01. The van der Waals surface area contributed by atoms with Crippen LogP contribution in [0.5, 0.6) is 0 Å². The maximum atomic E-state index is 11.8. The Morgan fingerprint density at radius 3 is 2.20 bits per heavy atom. The standard InChI is InChI=1S/C17H19NO.C6H4F3NO/c19-13-17-7-4-12-18(17)16-10-8-15(9-11-16)14-5-2-1-3-6-14;7-6(8,9)4-1-2-5(11)10-3-4/h1-3,5-6,8-11,17,19H,4,7,12-13H2;1-3H,(H,10,11)/t17-;/m0./s1. The highest BCUT2D eigenvalue weighted by Gasteiger charge is 2.30. The van der Waals surface area contributed by atoms with Crippen LogP contribution >= 0.6 is 0 Å². The minimum absolute atomic E-state index is 0.250. The number of nitrogens with zero attached hydrogens (tertiary/aromatic N) is 1. The molecule has 0 spiro atoms. The molecule has 0 aliphatic carbocycles. The van der Waals surface area contributed by atoms with Gasteiger partial charge >= 0.3 is 6.18 Å². The number of rotatable bonds is 3. The summed E-state index contributed by atoms with van der Waals surface area (Å²) in [6.07, 6.45) is -1.48. The van der Waals surface area contributed by atoms with Gasteiger partial charge < -0.3 is 15.0 Å². The lowest BCUT2D eigenvalue weighted by atomic mass is 10.1. The number of aliphatic hydroxyl groups is 1. The lowest BCUT2D eigenvalue weighted by Crippen LogP contribution is -2.31. The number of alkyl halides is 3. The van der Waals surface area contributed by atoms with E-state index >= 15 is 0 Å². The number of hydrogen-bond acceptors (Lipinski definition) is 3. The van der Waals surface area contributed by atoms with Crippen molar-refractivity contribution in [2.75, 3.05) is 18.1 Å². The Kier molecular flexibility index (Phi) is 6.95. The summed E-state index contributed by atoms with van der Waals surface area (Å²) in [7, 11) is 0. The van der Waals surface area contributed by atoms with Gasteiger partial charge in [-0.05, 0) is 42.2 Å². The van der Waals surface area contributed by atoms with Gasteiger partial charge in [-0.25, -0.2) is 0 Å². The summed E-state index contributed by atoms with van der Waals surface area (Å²) >= 11 is 0. The molecule has 1 fully saturated rings. The largest absolute Gasteiger partial charge is 0.417 e. The Morgan fingerprint density at radius 2 is 1.63 bits per heavy atom. The lowest BCUT2D eigenvalue weighted by Gasteiger charge is -2.25. The average molecular weight is 416 g/mol. The van der Waals surface area contributed by atoms with E-state index in [-0.39, 0.29) is 6.61 Å². The van der Waals surface area contributed by atoms with Crippen molar-refractivity contribution in [3.8, 4) is 11.1 Å². The quantitative estimate of drug-likeness (QED) is 0.650. The molecule has 30 heavy (non-hydrogen) atoms. The normalized spacial score (nSPS) is 16.1. The van der Waals surface area contributed by atoms with Crippen LogP contribution in [0.3, 0.4) is 0 Å². The van der Waals surface area contributed by atoms with Crippen molar-refractivity contribution in [3.05, 3.63) is 88.8 Å². The van der Waals surface area contributed by atoms with E-state index in [1.54, 1.807) is 0 Å². The molecule has 1 aliphatic heterocycles. The molecule has 1 aromatic heterocycles. The van der Waals surface area contributed by atoms with Crippen LogP contribution in [-0.2, 0) is 6.18 Å². The van der Waals surface area contributed by atoms with Crippen LogP contribution in [0.4, 0.5) is 18.9 Å². The SMILES string of the molecule is O=c1ccc(C(F)(F)F)c[nH]1.OC[C@@H]1CCCN1c1ccc(-c2ccccc2)cc1. The Labute approximate surface area is 172 Å². The Morgan fingerprint density at radius 1 is 0.967 bits per heavy atom. The maximum Gasteiger partial charge on any atom is 0.417 e. The second-order valence-electron chi connectivity index (χ2n) is 7.02. The molecular formula is C23H23F3N2O2. The second kappa shape index (κ2) is 9.63. The van der Waals surface area contributed by atoms with Gasteiger partial charge in [0.2, 0.25) is 5.56 Å². The minimum Gasteiger partial charge on any atom is -0.394 e. The average Bonchev–Trinajstić information content (AvgIpc) is 3.24. The summed E-state index contributed by atoms with van der Waals surface area (Å²) in [5, 5.41) is 9.39. The number of nitrogens with one attached hydrogen (secondary N) is 1. The fraction of sp³-hybridized carbons (Fsp3) is 0.261. The number of aromatic nitrogens is 1. The highest BCUT2D eigenvalue weighted by Crippen LogP contribution is 2.28. The fourth-order valence-electron chi connectivity index (χ4n) is 3.43. The predicted octanol–water partition coefficient (Wildman–Crippen LogP) is 4.71. The zero-order valence-corrected chi connectivity index (χ0v) is 16.3. The molecule has 0 saturated carbocycles. The van der Waals surface area contributed by atoms with Gasteiger partial charge in [0.15, 0.2) is 0 Å². The summed E-state index contributed by atoms with van der Waals surface area (Å²) in [5.41, 5.74) is 2.31. The summed E-state index contributed by atoms with van der Waals surface area (Å²) in [5.74, 6) is 0. The van der Waals surface area contributed by atoms with E-state index in [0.717, 1.165) is 25.1 Å². The molecule has 2 N–H and O–H groups in total. The Balaban J connectivity index is 0.000000199. The molecule has 1 aliphatic rings. The van der Waals surface area contributed by atoms with E-state index in [2.05, 4.69) is 53.4 Å². The van der Waals surface area contributed by atoms with Gasteiger partial charge in [-0.1, -0.05) is 42.5 Å². The van der Waals surface area contributed by atoms with Crippen molar-refractivity contribution in [2.24, 2.45) is 0 Å². The number of aromatic amines is 1. The third kappa shape index (κ3) is 5.51. The number of anilines is 1. The van der Waals surface area contributed by atoms with E-state index in [1.807, 2.05) is 11.1 Å². The molecule has 7 heteroatoms. The first kappa shape index (κ1) is 21.6. The van der Waals surface area contributed by atoms with Crippen LogP contribution in [0.15, 0.2) is 77.7 Å². The lowest BCUT2D eigenvalue weighted by molar-refractivity contribution is -0.137. The van der Waals surface area contributed by atoms with Gasteiger partial charge in [0.05, 0.1) is 18.2 Å². The zero-order valence-electron chi connectivity index (χ0n) is 16.3. The first-order valence-electron chi connectivity index (χ1n) is 9.67. The number of H-pyrrole nitrogens is 1. The molecule has 4 rings (SSSR count). The Hall–Kier alpha value is -3.06. The molecule has 1 saturated heterocycles. The van der Waals surface area contributed by atoms with Crippen molar-refractivity contribution in [1.29, 1.82) is 0 Å². The van der Waals surface area contributed by atoms with E-state index in [1.165, 1.54) is 23.2 Å². The number of benzene rings is 2. The van der Waals surface area contributed by atoms with Crippen molar-refractivity contribution in [2.45, 2.75) is 25.1 Å². The number of halogens is 3. The van der Waals surface area contributed by atoms with Crippen LogP contribution < -0.4 is 10.5 Å². The van der Waals surface area contributed by atoms with Gasteiger partial charge in [-0.15, -0.1) is 0 Å². The maximum absolute atomic E-state index is 11.8. The molecule has 0 amide bonds. The molecule has 2 aromatic carbocycles. The minimum atomic E-state index is -4.38. The van der Waals surface area contributed by atoms with Crippen LogP contribution in [-0.4, -0.2) is 29.3 Å². The van der Waals surface area contributed by atoms with E-state index in [4.69, 9.17) is 0 Å². The van der Waals surface area contributed by atoms with Crippen LogP contribution in [0.1, 0.15) is 18.4 Å². The smallest absolute Gasteiger partial charge is 0.394 e. The first-order valence-corrected chi connectivity index (χ1v) is 9.67. The summed E-state index contributed by atoms with van der Waals surface area (Å²) in [4.78, 5) is 14.6. The molecule has 4 nitrogen and oxygen atoms in total. The fourth-order valence-corrected chi connectivity index (χ4v) is 3.43. The van der Waals surface area contributed by atoms with Crippen LogP contribution in [0.2, 0.25) is 0 Å². The van der Waals surface area contributed by atoms with E-state index in [0.29, 0.717) is 12.2 Å². The number of aliphatic hydroxyl groups excluding tert-OH is 1. The van der Waals surface area contributed by atoms with Gasteiger partial charge in [0.1, 0.15) is 0 Å². The highest BCUT2D eigenvalue weighted by molar-refractivity contribution is 5.66. The molecule has 158 valence electrons. The monoisotopic (exact) mass is 416 g/mol. The van der Waals surface area contributed by atoms with Gasteiger partial charge in [-0.2, -0.15) is 13.2 Å². The Bertz CT molecular complexity index is 965. The van der Waals surface area contributed by atoms with Gasteiger partial charge in [0.25, 0.3) is 0 Å². The van der Waals surface area contributed by atoms with Gasteiger partial charge in [0, 0.05) is 24.5 Å². The van der Waals surface area contributed by atoms with Crippen molar-refractivity contribution >= 4 is 5.69 Å². The first-order chi connectivity index (χ1) is 14.4. The van der Waals surface area contributed by atoms with Crippen LogP contribution in [0, 0.1) is 0 Å². The van der Waals surface area contributed by atoms with E-state index < -0.39 is 17.3 Å². The van der Waals surface area contributed by atoms with E-state index in [9.17, 15) is 23.1 Å². The molecule has 3 aromatic rings. The highest BCUT2D eigenvalue weighted by atomic mass is 19.4.